The molecule has 0 aromatic carbocycles. The van der Waals surface area contributed by atoms with Crippen molar-refractivity contribution >= 4 is 23.6 Å². The Morgan fingerprint density at radius 2 is 2.08 bits per heavy atom. The van der Waals surface area contributed by atoms with E-state index in [2.05, 4.69) is 15.3 Å². The predicted octanol–water partition coefficient (Wildman–Crippen LogP) is 2.62. The van der Waals surface area contributed by atoms with Crippen LogP contribution in [0.2, 0.25) is 0 Å². The summed E-state index contributed by atoms with van der Waals surface area (Å²) < 4.78 is 5.00. The lowest BCUT2D eigenvalue weighted by Gasteiger charge is -2.14. The first kappa shape index (κ1) is 17.9. The zero-order valence-electron chi connectivity index (χ0n) is 13.6. The molecule has 0 aliphatic heterocycles. The van der Waals surface area contributed by atoms with Crippen molar-refractivity contribution in [3.8, 4) is 0 Å². The van der Waals surface area contributed by atoms with Crippen LogP contribution in [0.15, 0.2) is 47.9 Å². The number of hydrogen-bond donors (Lipinski definition) is 1. The summed E-state index contributed by atoms with van der Waals surface area (Å²) in [6.45, 7) is 3.93. The molecule has 1 unspecified atom stereocenters. The first-order valence-corrected chi connectivity index (χ1v) is 8.54. The van der Waals surface area contributed by atoms with Gasteiger partial charge >= 0.3 is 5.97 Å². The van der Waals surface area contributed by atoms with Gasteiger partial charge in [-0.1, -0.05) is 17.8 Å². The molecule has 2 rings (SSSR count). The van der Waals surface area contributed by atoms with Gasteiger partial charge in [0.1, 0.15) is 5.03 Å². The summed E-state index contributed by atoms with van der Waals surface area (Å²) in [5.74, 6) is -0.414. The van der Waals surface area contributed by atoms with E-state index in [1.54, 1.807) is 37.6 Å². The third kappa shape index (κ3) is 5.06. The van der Waals surface area contributed by atoms with Gasteiger partial charge in [-0.3, -0.25) is 9.78 Å². The predicted molar refractivity (Wildman–Crippen MR) is 91.7 cm³/mol. The van der Waals surface area contributed by atoms with Crippen molar-refractivity contribution in [3.63, 3.8) is 0 Å². The highest BCUT2D eigenvalue weighted by Crippen LogP contribution is 2.21. The minimum Gasteiger partial charge on any atom is -0.462 e. The third-order valence-corrected chi connectivity index (χ3v) is 4.17. The molecular formula is C17H19N3O3S. The van der Waals surface area contributed by atoms with Crippen molar-refractivity contribution in [2.24, 2.45) is 0 Å². The largest absolute Gasteiger partial charge is 0.462 e. The molecule has 2 heterocycles. The van der Waals surface area contributed by atoms with Crippen LogP contribution in [0.3, 0.4) is 0 Å². The molecule has 1 N–H and O–H groups in total. The lowest BCUT2D eigenvalue weighted by atomic mass is 10.1. The molecule has 24 heavy (non-hydrogen) atoms. The highest BCUT2D eigenvalue weighted by Gasteiger charge is 2.16. The van der Waals surface area contributed by atoms with Crippen LogP contribution in [0.25, 0.3) is 0 Å². The van der Waals surface area contributed by atoms with E-state index in [1.807, 2.05) is 19.1 Å². The summed E-state index contributed by atoms with van der Waals surface area (Å²) in [5, 5.41) is 3.38. The fourth-order valence-electron chi connectivity index (χ4n) is 2.00. The normalized spacial score (nSPS) is 11.6. The molecule has 2 aromatic rings. The van der Waals surface area contributed by atoms with Gasteiger partial charge in [0.15, 0.2) is 0 Å². The topological polar surface area (TPSA) is 81.2 Å². The number of aromatic nitrogens is 2. The quantitative estimate of drug-likeness (QED) is 0.614. The molecule has 0 saturated heterocycles. The summed E-state index contributed by atoms with van der Waals surface area (Å²) in [5.41, 5.74) is 1.30. The number of nitrogens with one attached hydrogen (secondary N) is 1. The molecule has 2 aromatic heterocycles. The SMILES string of the molecule is CCOC(=O)c1cccnc1SCC(=O)NC(C)c1cccnc1. The van der Waals surface area contributed by atoms with Gasteiger partial charge in [-0.15, -0.1) is 0 Å². The Bertz CT molecular complexity index is 694. The van der Waals surface area contributed by atoms with E-state index >= 15 is 0 Å². The van der Waals surface area contributed by atoms with Gasteiger partial charge in [0, 0.05) is 18.6 Å². The maximum Gasteiger partial charge on any atom is 0.340 e. The Balaban J connectivity index is 1.93. The molecule has 126 valence electrons. The number of hydrogen-bond acceptors (Lipinski definition) is 6. The summed E-state index contributed by atoms with van der Waals surface area (Å²) in [7, 11) is 0. The van der Waals surface area contributed by atoms with E-state index in [0.29, 0.717) is 17.2 Å². The van der Waals surface area contributed by atoms with E-state index in [-0.39, 0.29) is 17.7 Å². The molecule has 0 radical (unpaired) electrons. The molecule has 0 aliphatic rings. The van der Waals surface area contributed by atoms with Crippen LogP contribution in [-0.4, -0.2) is 34.2 Å². The Morgan fingerprint density at radius 1 is 1.29 bits per heavy atom. The Morgan fingerprint density at radius 3 is 2.79 bits per heavy atom. The highest BCUT2D eigenvalue weighted by molar-refractivity contribution is 8.00. The molecule has 7 heteroatoms. The second-order valence-corrected chi connectivity index (χ2v) is 5.90. The van der Waals surface area contributed by atoms with Crippen LogP contribution in [0.1, 0.15) is 35.8 Å². The highest BCUT2D eigenvalue weighted by atomic mass is 32.2. The third-order valence-electron chi connectivity index (χ3n) is 3.17. The molecule has 0 fully saturated rings. The van der Waals surface area contributed by atoms with Crippen molar-refractivity contribution in [3.05, 3.63) is 54.0 Å². The smallest absolute Gasteiger partial charge is 0.340 e. The number of thioether (sulfide) groups is 1. The Labute approximate surface area is 145 Å². The van der Waals surface area contributed by atoms with Crippen molar-refractivity contribution in [1.82, 2.24) is 15.3 Å². The van der Waals surface area contributed by atoms with Crippen molar-refractivity contribution in [1.29, 1.82) is 0 Å². The van der Waals surface area contributed by atoms with Gasteiger partial charge in [-0.25, -0.2) is 9.78 Å². The van der Waals surface area contributed by atoms with Gasteiger partial charge in [-0.2, -0.15) is 0 Å². The maximum absolute atomic E-state index is 12.1. The summed E-state index contributed by atoms with van der Waals surface area (Å²) >= 11 is 1.21. The molecule has 6 nitrogen and oxygen atoms in total. The van der Waals surface area contributed by atoms with Gasteiger partial charge in [-0.05, 0) is 37.6 Å². The molecular weight excluding hydrogens is 326 g/mol. The van der Waals surface area contributed by atoms with Crippen LogP contribution in [0.5, 0.6) is 0 Å². The van der Waals surface area contributed by atoms with Crippen LogP contribution < -0.4 is 5.32 Å². The minimum atomic E-state index is -0.433. The van der Waals surface area contributed by atoms with Gasteiger partial charge in [0.2, 0.25) is 5.91 Å². The first-order valence-electron chi connectivity index (χ1n) is 7.56. The van der Waals surface area contributed by atoms with Gasteiger partial charge < -0.3 is 10.1 Å². The second-order valence-electron chi connectivity index (χ2n) is 4.94. The number of carbonyl (C=O) groups excluding carboxylic acids is 2. The maximum atomic E-state index is 12.1. The van der Waals surface area contributed by atoms with Crippen LogP contribution in [0, 0.1) is 0 Å². The first-order chi connectivity index (χ1) is 11.6. The number of esters is 1. The molecule has 1 atom stereocenters. The zero-order valence-corrected chi connectivity index (χ0v) is 14.4. The van der Waals surface area contributed by atoms with E-state index in [1.165, 1.54) is 11.8 Å². The van der Waals surface area contributed by atoms with E-state index < -0.39 is 5.97 Å². The second kappa shape index (κ2) is 9.02. The molecule has 0 bridgehead atoms. The average molecular weight is 345 g/mol. The van der Waals surface area contributed by atoms with E-state index in [0.717, 1.165) is 5.56 Å². The fourth-order valence-corrected chi connectivity index (χ4v) is 2.80. The average Bonchev–Trinajstić information content (AvgIpc) is 2.61. The molecule has 0 spiro atoms. The van der Waals surface area contributed by atoms with E-state index in [9.17, 15) is 9.59 Å². The van der Waals surface area contributed by atoms with Gasteiger partial charge in [0.05, 0.1) is 24.0 Å². The number of carbonyl (C=O) groups is 2. The minimum absolute atomic E-state index is 0.139. The van der Waals surface area contributed by atoms with Gasteiger partial charge in [0.25, 0.3) is 0 Å². The number of amides is 1. The monoisotopic (exact) mass is 345 g/mol. The van der Waals surface area contributed by atoms with Crippen LogP contribution >= 0.6 is 11.8 Å². The molecule has 0 aliphatic carbocycles. The number of ether oxygens (including phenoxy) is 1. The van der Waals surface area contributed by atoms with Crippen molar-refractivity contribution in [2.45, 2.75) is 24.9 Å². The fraction of sp³-hybridized carbons (Fsp3) is 0.294. The Kier molecular flexibility index (Phi) is 6.74. The molecule has 0 saturated carbocycles. The standard InChI is InChI=1S/C17H19N3O3S/c1-3-23-17(22)14-7-5-9-19-16(14)24-11-15(21)20-12(2)13-6-4-8-18-10-13/h4-10,12H,3,11H2,1-2H3,(H,20,21). The number of rotatable bonds is 7. The van der Waals surface area contributed by atoms with E-state index in [4.69, 9.17) is 4.74 Å². The summed E-state index contributed by atoms with van der Waals surface area (Å²) in [6, 6.07) is 6.90. The summed E-state index contributed by atoms with van der Waals surface area (Å²) in [6.07, 6.45) is 4.99. The lowest BCUT2D eigenvalue weighted by molar-refractivity contribution is -0.119. The number of nitrogens with zero attached hydrogens (tertiary/aromatic N) is 2. The van der Waals surface area contributed by atoms with Crippen molar-refractivity contribution < 1.29 is 14.3 Å². The lowest BCUT2D eigenvalue weighted by Crippen LogP contribution is -2.28. The summed E-state index contributed by atoms with van der Waals surface area (Å²) in [4.78, 5) is 32.2. The van der Waals surface area contributed by atoms with Crippen LogP contribution in [0.4, 0.5) is 0 Å². The van der Waals surface area contributed by atoms with Crippen molar-refractivity contribution in [2.75, 3.05) is 12.4 Å². The Hall–Kier alpha value is -2.41. The zero-order chi connectivity index (χ0) is 17.4. The van der Waals surface area contributed by atoms with Crippen LogP contribution in [-0.2, 0) is 9.53 Å². The molecule has 1 amide bonds. The number of pyridine rings is 2.